The van der Waals surface area contributed by atoms with Crippen LogP contribution in [0.25, 0.3) is 10.9 Å². The molecule has 21 heavy (non-hydrogen) atoms. The first-order valence-corrected chi connectivity index (χ1v) is 6.57. The summed E-state index contributed by atoms with van der Waals surface area (Å²) in [7, 11) is 0. The number of hydrogen-bond donors (Lipinski definition) is 1. The second-order valence-electron chi connectivity index (χ2n) is 4.56. The maximum Gasteiger partial charge on any atom is 0.224 e. The van der Waals surface area contributed by atoms with Crippen LogP contribution in [0.2, 0.25) is 5.28 Å². The van der Waals surface area contributed by atoms with Gasteiger partial charge in [-0.1, -0.05) is 12.1 Å². The highest BCUT2D eigenvalue weighted by Gasteiger charge is 2.11. The van der Waals surface area contributed by atoms with Gasteiger partial charge in [-0.3, -0.25) is 0 Å². The topological polar surface area (TPSA) is 37.8 Å². The Labute approximate surface area is 124 Å². The minimum absolute atomic E-state index is 0.00183. The van der Waals surface area contributed by atoms with Crippen LogP contribution in [0.4, 0.5) is 20.3 Å². The Bertz CT molecular complexity index is 837. The van der Waals surface area contributed by atoms with E-state index in [1.54, 1.807) is 18.2 Å². The van der Waals surface area contributed by atoms with E-state index in [1.165, 1.54) is 6.92 Å². The molecule has 0 fully saturated rings. The van der Waals surface area contributed by atoms with E-state index < -0.39 is 11.6 Å². The van der Waals surface area contributed by atoms with Crippen LogP contribution in [0.5, 0.6) is 0 Å². The van der Waals surface area contributed by atoms with Gasteiger partial charge in [-0.2, -0.15) is 4.98 Å². The number of aromatic nitrogens is 2. The van der Waals surface area contributed by atoms with Gasteiger partial charge in [0.15, 0.2) is 0 Å². The van der Waals surface area contributed by atoms with Crippen molar-refractivity contribution in [3.05, 3.63) is 58.9 Å². The zero-order valence-corrected chi connectivity index (χ0v) is 11.7. The van der Waals surface area contributed by atoms with Crippen molar-refractivity contribution in [1.29, 1.82) is 0 Å². The van der Waals surface area contributed by atoms with Gasteiger partial charge in [0.05, 0.1) is 11.2 Å². The van der Waals surface area contributed by atoms with Crippen molar-refractivity contribution in [2.24, 2.45) is 0 Å². The minimum atomic E-state index is -0.562. The molecule has 0 saturated carbocycles. The lowest BCUT2D eigenvalue weighted by molar-refractivity contribution is 0.595. The number of halogens is 3. The summed E-state index contributed by atoms with van der Waals surface area (Å²) in [6.07, 6.45) is 0. The third kappa shape index (κ3) is 2.64. The monoisotopic (exact) mass is 305 g/mol. The Morgan fingerprint density at radius 3 is 2.62 bits per heavy atom. The number of fused-ring (bicyclic) bond motifs is 1. The van der Waals surface area contributed by atoms with Crippen molar-refractivity contribution < 1.29 is 8.78 Å². The molecule has 0 aliphatic carbocycles. The van der Waals surface area contributed by atoms with E-state index in [2.05, 4.69) is 15.3 Å². The molecule has 0 bridgehead atoms. The summed E-state index contributed by atoms with van der Waals surface area (Å²) in [4.78, 5) is 8.12. The molecule has 0 radical (unpaired) electrons. The van der Waals surface area contributed by atoms with Gasteiger partial charge < -0.3 is 5.32 Å². The maximum atomic E-state index is 13.9. The smallest absolute Gasteiger partial charge is 0.224 e. The van der Waals surface area contributed by atoms with Crippen LogP contribution in [0, 0.1) is 18.6 Å². The molecular weight excluding hydrogens is 296 g/mol. The molecule has 106 valence electrons. The first-order valence-electron chi connectivity index (χ1n) is 6.19. The van der Waals surface area contributed by atoms with E-state index in [4.69, 9.17) is 11.6 Å². The molecule has 0 atom stereocenters. The molecule has 1 aromatic heterocycles. The molecule has 3 rings (SSSR count). The fourth-order valence-corrected chi connectivity index (χ4v) is 2.19. The Morgan fingerprint density at radius 1 is 1.05 bits per heavy atom. The Morgan fingerprint density at radius 2 is 1.81 bits per heavy atom. The zero-order valence-electron chi connectivity index (χ0n) is 11.0. The van der Waals surface area contributed by atoms with Gasteiger partial charge in [-0.25, -0.2) is 13.8 Å². The van der Waals surface area contributed by atoms with E-state index in [0.717, 1.165) is 12.1 Å². The number of nitrogens with one attached hydrogen (secondary N) is 1. The summed E-state index contributed by atoms with van der Waals surface area (Å²) in [5.41, 5.74) is 0.856. The summed E-state index contributed by atoms with van der Waals surface area (Å²) < 4.78 is 27.5. The van der Waals surface area contributed by atoms with Crippen molar-refractivity contribution in [1.82, 2.24) is 9.97 Å². The average molecular weight is 306 g/mol. The zero-order chi connectivity index (χ0) is 15.0. The summed E-state index contributed by atoms with van der Waals surface area (Å²) in [6.45, 7) is 1.50. The molecular formula is C15H10ClF2N3. The number of para-hydroxylation sites is 1. The van der Waals surface area contributed by atoms with Crippen LogP contribution in [0.1, 0.15) is 5.56 Å². The van der Waals surface area contributed by atoms with Gasteiger partial charge in [0.1, 0.15) is 17.5 Å². The standard InChI is InChI=1S/C15H10ClF2N3/c1-8-6-11(18)13(7-10(8)17)19-14-9-4-2-3-5-12(9)20-15(16)21-14/h2-7H,1H3,(H,19,20,21). The molecule has 2 aromatic carbocycles. The lowest BCUT2D eigenvalue weighted by atomic mass is 10.2. The molecule has 1 N–H and O–H groups in total. The maximum absolute atomic E-state index is 13.9. The van der Waals surface area contributed by atoms with E-state index in [9.17, 15) is 8.78 Å². The summed E-state index contributed by atoms with van der Waals surface area (Å²) >= 11 is 5.86. The molecule has 0 aliphatic rings. The number of nitrogens with zero attached hydrogens (tertiary/aromatic N) is 2. The van der Waals surface area contributed by atoms with Gasteiger partial charge in [0.2, 0.25) is 5.28 Å². The van der Waals surface area contributed by atoms with E-state index >= 15 is 0 Å². The normalized spacial score (nSPS) is 10.9. The van der Waals surface area contributed by atoms with Crippen molar-refractivity contribution in [3.63, 3.8) is 0 Å². The summed E-state index contributed by atoms with van der Waals surface area (Å²) in [5.74, 6) is -0.733. The van der Waals surface area contributed by atoms with Crippen molar-refractivity contribution in [2.75, 3.05) is 5.32 Å². The Kier molecular flexibility index (Phi) is 3.43. The summed E-state index contributed by atoms with van der Waals surface area (Å²) in [5, 5.41) is 3.47. The van der Waals surface area contributed by atoms with Gasteiger partial charge >= 0.3 is 0 Å². The first-order chi connectivity index (χ1) is 10.0. The highest BCUT2D eigenvalue weighted by molar-refractivity contribution is 6.28. The number of hydrogen-bond acceptors (Lipinski definition) is 3. The predicted octanol–water partition coefficient (Wildman–Crippen LogP) is 4.61. The SMILES string of the molecule is Cc1cc(F)c(Nc2nc(Cl)nc3ccccc23)cc1F. The van der Waals surface area contributed by atoms with Crippen LogP contribution in [0.3, 0.4) is 0 Å². The van der Waals surface area contributed by atoms with Crippen LogP contribution in [-0.2, 0) is 0 Å². The second-order valence-corrected chi connectivity index (χ2v) is 4.90. The van der Waals surface area contributed by atoms with Crippen molar-refractivity contribution in [3.8, 4) is 0 Å². The molecule has 0 amide bonds. The molecule has 3 nitrogen and oxygen atoms in total. The van der Waals surface area contributed by atoms with Gasteiger partial charge in [0, 0.05) is 11.5 Å². The number of benzene rings is 2. The Balaban J connectivity index is 2.12. The highest BCUT2D eigenvalue weighted by Crippen LogP contribution is 2.27. The number of rotatable bonds is 2. The lowest BCUT2D eigenvalue weighted by Gasteiger charge is -2.10. The van der Waals surface area contributed by atoms with E-state index in [1.807, 2.05) is 6.07 Å². The fourth-order valence-electron chi connectivity index (χ4n) is 2.01. The third-order valence-electron chi connectivity index (χ3n) is 3.08. The molecule has 6 heteroatoms. The molecule has 0 spiro atoms. The van der Waals surface area contributed by atoms with Gasteiger partial charge in [-0.05, 0) is 42.3 Å². The molecule has 3 aromatic rings. The third-order valence-corrected chi connectivity index (χ3v) is 3.25. The minimum Gasteiger partial charge on any atom is -0.337 e. The van der Waals surface area contributed by atoms with E-state index in [0.29, 0.717) is 16.7 Å². The van der Waals surface area contributed by atoms with Crippen LogP contribution in [-0.4, -0.2) is 9.97 Å². The molecule has 0 unspecified atom stereocenters. The molecule has 1 heterocycles. The largest absolute Gasteiger partial charge is 0.337 e. The van der Waals surface area contributed by atoms with Crippen molar-refractivity contribution in [2.45, 2.75) is 6.92 Å². The fraction of sp³-hybridized carbons (Fsp3) is 0.0667. The average Bonchev–Trinajstić information content (AvgIpc) is 2.44. The summed E-state index contributed by atoms with van der Waals surface area (Å²) in [6, 6.07) is 9.37. The molecule has 0 aliphatic heterocycles. The number of aryl methyl sites for hydroxylation is 1. The van der Waals surface area contributed by atoms with Crippen LogP contribution < -0.4 is 5.32 Å². The highest BCUT2D eigenvalue weighted by atomic mass is 35.5. The molecule has 0 saturated heterocycles. The van der Waals surface area contributed by atoms with Gasteiger partial charge in [-0.15, -0.1) is 0 Å². The first kappa shape index (κ1) is 13.7. The predicted molar refractivity (Wildman–Crippen MR) is 78.9 cm³/mol. The second kappa shape index (κ2) is 5.26. The number of anilines is 2. The lowest BCUT2D eigenvalue weighted by Crippen LogP contribution is -2.00. The van der Waals surface area contributed by atoms with Crippen LogP contribution >= 0.6 is 11.6 Å². The van der Waals surface area contributed by atoms with Crippen molar-refractivity contribution >= 4 is 34.0 Å². The van der Waals surface area contributed by atoms with E-state index in [-0.39, 0.29) is 16.5 Å². The van der Waals surface area contributed by atoms with Crippen LogP contribution in [0.15, 0.2) is 36.4 Å². The Hall–Kier alpha value is -2.27. The van der Waals surface area contributed by atoms with Gasteiger partial charge in [0.25, 0.3) is 0 Å². The quantitative estimate of drug-likeness (QED) is 0.702.